The zero-order chi connectivity index (χ0) is 14.7. The van der Waals surface area contributed by atoms with Crippen LogP contribution in [0, 0.1) is 17.6 Å². The van der Waals surface area contributed by atoms with Crippen LogP contribution in [-0.2, 0) is 0 Å². The van der Waals surface area contributed by atoms with Crippen molar-refractivity contribution in [2.45, 2.75) is 38.6 Å². The summed E-state index contributed by atoms with van der Waals surface area (Å²) in [4.78, 5) is 12.1. The van der Waals surface area contributed by atoms with E-state index in [4.69, 9.17) is 0 Å². The maximum atomic E-state index is 13.6. The Morgan fingerprint density at radius 2 is 1.80 bits per heavy atom. The van der Waals surface area contributed by atoms with Crippen molar-refractivity contribution >= 4 is 11.6 Å². The number of hydrogen-bond donors (Lipinski definition) is 2. The zero-order valence-electron chi connectivity index (χ0n) is 11.8. The lowest BCUT2D eigenvalue weighted by Gasteiger charge is -2.20. The Morgan fingerprint density at radius 1 is 1.25 bits per heavy atom. The first-order valence-electron chi connectivity index (χ1n) is 7.00. The van der Waals surface area contributed by atoms with Crippen molar-refractivity contribution in [2.75, 3.05) is 12.4 Å². The van der Waals surface area contributed by atoms with Crippen LogP contribution >= 0.6 is 0 Å². The number of amides is 1. The minimum atomic E-state index is -0.758. The van der Waals surface area contributed by atoms with Crippen LogP contribution in [0.3, 0.4) is 0 Å². The molecule has 1 aliphatic carbocycles. The van der Waals surface area contributed by atoms with Crippen molar-refractivity contribution in [3.8, 4) is 0 Å². The fourth-order valence-electron chi connectivity index (χ4n) is 2.81. The van der Waals surface area contributed by atoms with E-state index in [0.29, 0.717) is 5.92 Å². The molecule has 1 aliphatic rings. The van der Waals surface area contributed by atoms with Gasteiger partial charge in [-0.1, -0.05) is 12.8 Å². The van der Waals surface area contributed by atoms with Crippen molar-refractivity contribution in [1.29, 1.82) is 0 Å². The van der Waals surface area contributed by atoms with Gasteiger partial charge >= 0.3 is 0 Å². The second-order valence-electron chi connectivity index (χ2n) is 5.37. The van der Waals surface area contributed by atoms with Gasteiger partial charge in [0.05, 0.1) is 0 Å². The van der Waals surface area contributed by atoms with E-state index in [9.17, 15) is 13.6 Å². The Hall–Kier alpha value is -1.65. The van der Waals surface area contributed by atoms with Crippen LogP contribution in [0.2, 0.25) is 0 Å². The Bertz CT molecular complexity index is 476. The molecule has 0 aromatic heterocycles. The minimum Gasteiger partial charge on any atom is -0.383 e. The predicted octanol–water partition coefficient (Wildman–Crippen LogP) is 3.32. The van der Waals surface area contributed by atoms with E-state index in [2.05, 4.69) is 10.6 Å². The van der Waals surface area contributed by atoms with Crippen LogP contribution in [0.4, 0.5) is 14.5 Å². The number of halogens is 2. The summed E-state index contributed by atoms with van der Waals surface area (Å²) in [5.74, 6) is -1.48. The number of anilines is 1. The molecule has 0 spiro atoms. The molecule has 20 heavy (non-hydrogen) atoms. The Morgan fingerprint density at radius 3 is 2.30 bits per heavy atom. The van der Waals surface area contributed by atoms with Crippen molar-refractivity contribution in [3.63, 3.8) is 0 Å². The molecule has 2 rings (SSSR count). The topological polar surface area (TPSA) is 41.1 Å². The lowest BCUT2D eigenvalue weighted by atomic mass is 9.99. The molecule has 1 aromatic carbocycles. The van der Waals surface area contributed by atoms with Gasteiger partial charge in [0.15, 0.2) is 0 Å². The van der Waals surface area contributed by atoms with E-state index < -0.39 is 17.5 Å². The highest BCUT2D eigenvalue weighted by Crippen LogP contribution is 2.28. The molecule has 0 bridgehead atoms. The first-order chi connectivity index (χ1) is 9.52. The fraction of sp³-hybridized carbons (Fsp3) is 0.533. The summed E-state index contributed by atoms with van der Waals surface area (Å²) in [6.07, 6.45) is 4.57. The molecule has 2 N–H and O–H groups in total. The molecule has 1 atom stereocenters. The van der Waals surface area contributed by atoms with Gasteiger partial charge in [-0.05, 0) is 37.8 Å². The maximum absolute atomic E-state index is 13.6. The molecule has 1 fully saturated rings. The maximum Gasteiger partial charge on any atom is 0.251 e. The van der Waals surface area contributed by atoms with Gasteiger partial charge < -0.3 is 10.6 Å². The van der Waals surface area contributed by atoms with E-state index in [1.165, 1.54) is 19.9 Å². The minimum absolute atomic E-state index is 0.0175. The Labute approximate surface area is 117 Å². The predicted molar refractivity (Wildman–Crippen MR) is 74.8 cm³/mol. The highest BCUT2D eigenvalue weighted by Gasteiger charge is 2.23. The third kappa shape index (κ3) is 3.08. The van der Waals surface area contributed by atoms with Crippen LogP contribution in [0.15, 0.2) is 12.1 Å². The first-order valence-corrected chi connectivity index (χ1v) is 7.00. The monoisotopic (exact) mass is 282 g/mol. The normalized spacial score (nSPS) is 17.0. The third-order valence-corrected chi connectivity index (χ3v) is 4.02. The smallest absolute Gasteiger partial charge is 0.251 e. The Kier molecular flexibility index (Phi) is 4.57. The van der Waals surface area contributed by atoms with E-state index in [1.54, 1.807) is 0 Å². The van der Waals surface area contributed by atoms with Crippen LogP contribution in [0.1, 0.15) is 43.0 Å². The van der Waals surface area contributed by atoms with Crippen LogP contribution in [0.5, 0.6) is 0 Å². The van der Waals surface area contributed by atoms with Crippen molar-refractivity contribution in [1.82, 2.24) is 5.32 Å². The summed E-state index contributed by atoms with van der Waals surface area (Å²) < 4.78 is 27.3. The zero-order valence-corrected chi connectivity index (χ0v) is 11.8. The molecular weight excluding hydrogens is 262 g/mol. The number of hydrogen-bond acceptors (Lipinski definition) is 2. The molecule has 0 radical (unpaired) electrons. The van der Waals surface area contributed by atoms with E-state index in [-0.39, 0.29) is 17.3 Å². The number of carbonyl (C=O) groups excluding carboxylic acids is 1. The van der Waals surface area contributed by atoms with Gasteiger partial charge in [0, 0.05) is 18.7 Å². The SMILES string of the molecule is CNc1c(F)cc(C(=O)NC(C)C2CCCC2)cc1F. The van der Waals surface area contributed by atoms with Gasteiger partial charge in [-0.15, -0.1) is 0 Å². The molecule has 1 amide bonds. The average molecular weight is 282 g/mol. The van der Waals surface area contributed by atoms with Gasteiger partial charge in [-0.25, -0.2) is 8.78 Å². The molecule has 110 valence electrons. The van der Waals surface area contributed by atoms with E-state index in [1.807, 2.05) is 6.92 Å². The molecule has 3 nitrogen and oxygen atoms in total. The standard InChI is InChI=1S/C15H20F2N2O/c1-9(10-5-3-4-6-10)19-15(20)11-7-12(16)14(18-2)13(17)8-11/h7-10,18H,3-6H2,1-2H3,(H,19,20). The summed E-state index contributed by atoms with van der Waals surface area (Å²) in [7, 11) is 1.43. The van der Waals surface area contributed by atoms with Crippen LogP contribution in [-0.4, -0.2) is 19.0 Å². The van der Waals surface area contributed by atoms with Gasteiger partial charge in [-0.3, -0.25) is 4.79 Å². The largest absolute Gasteiger partial charge is 0.383 e. The summed E-state index contributed by atoms with van der Waals surface area (Å²) >= 11 is 0. The number of rotatable bonds is 4. The van der Waals surface area contributed by atoms with Crippen LogP contribution in [0.25, 0.3) is 0 Å². The number of nitrogens with one attached hydrogen (secondary N) is 2. The van der Waals surface area contributed by atoms with E-state index >= 15 is 0 Å². The lowest BCUT2D eigenvalue weighted by Crippen LogP contribution is -2.37. The quantitative estimate of drug-likeness (QED) is 0.889. The third-order valence-electron chi connectivity index (χ3n) is 4.02. The van der Waals surface area contributed by atoms with Gasteiger partial charge in [0.25, 0.3) is 5.91 Å². The van der Waals surface area contributed by atoms with E-state index in [0.717, 1.165) is 25.0 Å². The summed E-state index contributed by atoms with van der Waals surface area (Å²) in [6, 6.07) is 2.15. The lowest BCUT2D eigenvalue weighted by molar-refractivity contribution is 0.0926. The summed E-state index contributed by atoms with van der Waals surface area (Å²) in [5, 5.41) is 5.27. The molecule has 1 saturated carbocycles. The molecule has 1 unspecified atom stereocenters. The van der Waals surface area contributed by atoms with Gasteiger partial charge in [0.2, 0.25) is 0 Å². The molecule has 1 aromatic rings. The molecule has 0 aliphatic heterocycles. The Balaban J connectivity index is 2.09. The van der Waals surface area contributed by atoms with Crippen LogP contribution < -0.4 is 10.6 Å². The van der Waals surface area contributed by atoms with Crippen molar-refractivity contribution in [3.05, 3.63) is 29.3 Å². The summed E-state index contributed by atoms with van der Waals surface area (Å²) in [6.45, 7) is 1.95. The molecule has 5 heteroatoms. The molecule has 0 heterocycles. The number of benzene rings is 1. The number of carbonyl (C=O) groups is 1. The van der Waals surface area contributed by atoms with Crippen molar-refractivity contribution < 1.29 is 13.6 Å². The molecule has 0 saturated heterocycles. The second kappa shape index (κ2) is 6.20. The molecular formula is C15H20F2N2O. The van der Waals surface area contributed by atoms with Crippen molar-refractivity contribution in [2.24, 2.45) is 5.92 Å². The fourth-order valence-corrected chi connectivity index (χ4v) is 2.81. The highest BCUT2D eigenvalue weighted by atomic mass is 19.1. The van der Waals surface area contributed by atoms with Gasteiger partial charge in [-0.2, -0.15) is 0 Å². The first kappa shape index (κ1) is 14.8. The highest BCUT2D eigenvalue weighted by molar-refractivity contribution is 5.94. The summed E-state index contributed by atoms with van der Waals surface area (Å²) in [5.41, 5.74) is -0.200. The average Bonchev–Trinajstić information content (AvgIpc) is 2.92. The van der Waals surface area contributed by atoms with Gasteiger partial charge in [0.1, 0.15) is 17.3 Å². The second-order valence-corrected chi connectivity index (χ2v) is 5.37.